The summed E-state index contributed by atoms with van der Waals surface area (Å²) in [6.07, 6.45) is 17.0. The fourth-order valence-electron chi connectivity index (χ4n) is 6.09. The molecule has 0 aliphatic heterocycles. The molecule has 2 fully saturated rings. The van der Waals surface area contributed by atoms with E-state index in [1.165, 1.54) is 83.1 Å². The van der Waals surface area contributed by atoms with Gasteiger partial charge in [-0.1, -0.05) is 76.5 Å². The zero-order valence-corrected chi connectivity index (χ0v) is 20.8. The Kier molecular flexibility index (Phi) is 10.6. The third kappa shape index (κ3) is 7.47. The van der Waals surface area contributed by atoms with Crippen molar-refractivity contribution in [3.8, 4) is 11.5 Å². The van der Waals surface area contributed by atoms with Gasteiger partial charge in [0.15, 0.2) is 11.5 Å². The molecular formula is C26H42F2O2Si. The standard InChI is InChI=1S/C26H42F2O2Si/c1-2-3-4-6-20-9-13-22(14-10-20)23-15-11-21(12-16-23)17-31-25-8-5-7-24(29-18-27)26(25)30-19-28/h5,7-8,20-23H,2-4,6,9-19,31H2,1H3/t20-,21?,22-,23?. The third-order valence-corrected chi connectivity index (χ3v) is 10.2. The highest BCUT2D eigenvalue weighted by molar-refractivity contribution is 6.54. The fraction of sp³-hybridized carbons (Fsp3) is 0.769. The first-order valence-electron chi connectivity index (χ1n) is 12.7. The number of unbranched alkanes of at least 4 members (excludes halogenated alkanes) is 2. The monoisotopic (exact) mass is 452 g/mol. The number of ether oxygens (including phenoxy) is 2. The molecule has 0 spiro atoms. The Labute approximate surface area is 190 Å². The van der Waals surface area contributed by atoms with Gasteiger partial charge >= 0.3 is 0 Å². The molecule has 176 valence electrons. The maximum atomic E-state index is 12.8. The summed E-state index contributed by atoms with van der Waals surface area (Å²) in [6, 6.07) is 6.76. The lowest BCUT2D eigenvalue weighted by Gasteiger charge is -2.38. The Bertz CT molecular complexity index is 626. The van der Waals surface area contributed by atoms with Crippen LogP contribution in [-0.4, -0.2) is 23.2 Å². The summed E-state index contributed by atoms with van der Waals surface area (Å²) in [5.74, 6) is 4.47. The van der Waals surface area contributed by atoms with E-state index >= 15 is 0 Å². The van der Waals surface area contributed by atoms with Gasteiger partial charge in [0.25, 0.3) is 0 Å². The fourth-order valence-corrected chi connectivity index (χ4v) is 8.19. The lowest BCUT2D eigenvalue weighted by Crippen LogP contribution is -2.27. The van der Waals surface area contributed by atoms with Gasteiger partial charge in [0.05, 0.1) is 9.52 Å². The van der Waals surface area contributed by atoms with Crippen molar-refractivity contribution < 1.29 is 18.3 Å². The van der Waals surface area contributed by atoms with Crippen LogP contribution in [0.15, 0.2) is 18.2 Å². The Morgan fingerprint density at radius 1 is 0.839 bits per heavy atom. The smallest absolute Gasteiger partial charge is 0.228 e. The molecule has 2 aliphatic carbocycles. The highest BCUT2D eigenvalue weighted by Gasteiger charge is 2.30. The summed E-state index contributed by atoms with van der Waals surface area (Å²) in [6.45, 7) is 0.475. The number of halogens is 2. The second-order valence-electron chi connectivity index (χ2n) is 9.85. The van der Waals surface area contributed by atoms with Crippen LogP contribution in [0.5, 0.6) is 11.5 Å². The highest BCUT2D eigenvalue weighted by atomic mass is 28.2. The van der Waals surface area contributed by atoms with Crippen LogP contribution in [0.25, 0.3) is 0 Å². The number of benzene rings is 1. The number of rotatable bonds is 12. The molecule has 0 heterocycles. The molecule has 1 aromatic rings. The van der Waals surface area contributed by atoms with Crippen molar-refractivity contribution in [3.63, 3.8) is 0 Å². The van der Waals surface area contributed by atoms with Crippen molar-refractivity contribution in [1.29, 1.82) is 0 Å². The molecule has 2 aliphatic rings. The van der Waals surface area contributed by atoms with Gasteiger partial charge in [0, 0.05) is 0 Å². The molecular weight excluding hydrogens is 410 g/mol. The molecule has 31 heavy (non-hydrogen) atoms. The molecule has 0 atom stereocenters. The van der Waals surface area contributed by atoms with Gasteiger partial charge in [-0.25, -0.2) is 8.78 Å². The normalized spacial score (nSPS) is 26.9. The van der Waals surface area contributed by atoms with E-state index in [2.05, 4.69) is 6.92 Å². The topological polar surface area (TPSA) is 18.5 Å². The minimum atomic E-state index is -0.918. The number of hydrogen-bond acceptors (Lipinski definition) is 2. The molecule has 0 saturated heterocycles. The first kappa shape index (κ1) is 24.5. The maximum Gasteiger partial charge on any atom is 0.228 e. The maximum absolute atomic E-state index is 12.8. The molecule has 3 rings (SSSR count). The number of para-hydroxylation sites is 1. The Morgan fingerprint density at radius 2 is 1.48 bits per heavy atom. The molecule has 0 radical (unpaired) electrons. The van der Waals surface area contributed by atoms with Crippen LogP contribution in [0.1, 0.15) is 84.0 Å². The Morgan fingerprint density at radius 3 is 2.10 bits per heavy atom. The minimum absolute atomic E-state index is 0.333. The molecule has 1 aromatic carbocycles. The molecule has 0 unspecified atom stereocenters. The van der Waals surface area contributed by atoms with E-state index in [4.69, 9.17) is 9.47 Å². The van der Waals surface area contributed by atoms with E-state index in [0.717, 1.165) is 28.9 Å². The quantitative estimate of drug-likeness (QED) is 0.259. The SMILES string of the molecule is CCCCC[C@H]1CC[C@H](C2CCC(C[SiH2]c3cccc(OCF)c3OCF)CC2)CC1. The van der Waals surface area contributed by atoms with Gasteiger partial charge in [-0.3, -0.25) is 0 Å². The summed E-state index contributed by atoms with van der Waals surface area (Å²) in [4.78, 5) is 0. The van der Waals surface area contributed by atoms with Gasteiger partial charge < -0.3 is 9.47 Å². The zero-order valence-electron chi connectivity index (χ0n) is 19.4. The summed E-state index contributed by atoms with van der Waals surface area (Å²) >= 11 is 0. The van der Waals surface area contributed by atoms with Gasteiger partial charge in [-0.05, 0) is 60.6 Å². The van der Waals surface area contributed by atoms with Crippen LogP contribution in [-0.2, 0) is 0 Å². The molecule has 0 bridgehead atoms. The van der Waals surface area contributed by atoms with Crippen molar-refractivity contribution in [2.75, 3.05) is 13.7 Å². The lowest BCUT2D eigenvalue weighted by molar-refractivity contribution is 0.146. The average molecular weight is 453 g/mol. The Hall–Kier alpha value is -1.10. The first-order chi connectivity index (χ1) is 15.2. The van der Waals surface area contributed by atoms with Crippen molar-refractivity contribution in [2.45, 2.75) is 90.0 Å². The number of alkyl halides is 2. The summed E-state index contributed by atoms with van der Waals surface area (Å²) in [5.41, 5.74) is 0. The van der Waals surface area contributed by atoms with Crippen molar-refractivity contribution in [2.24, 2.45) is 23.7 Å². The van der Waals surface area contributed by atoms with Crippen LogP contribution < -0.4 is 14.7 Å². The number of hydrogen-bond donors (Lipinski definition) is 0. The molecule has 0 amide bonds. The van der Waals surface area contributed by atoms with E-state index < -0.39 is 23.2 Å². The third-order valence-electron chi connectivity index (χ3n) is 7.96. The predicted octanol–water partition coefficient (Wildman–Crippen LogP) is 6.70. The second-order valence-corrected chi connectivity index (χ2v) is 11.7. The van der Waals surface area contributed by atoms with Crippen LogP contribution in [0, 0.1) is 23.7 Å². The highest BCUT2D eigenvalue weighted by Crippen LogP contribution is 2.43. The van der Waals surface area contributed by atoms with Crippen LogP contribution >= 0.6 is 0 Å². The van der Waals surface area contributed by atoms with Gasteiger partial charge in [-0.15, -0.1) is 0 Å². The second kappa shape index (κ2) is 13.4. The van der Waals surface area contributed by atoms with Crippen LogP contribution in [0.4, 0.5) is 8.78 Å². The average Bonchev–Trinajstić information content (AvgIpc) is 2.80. The van der Waals surface area contributed by atoms with Crippen molar-refractivity contribution in [3.05, 3.63) is 18.2 Å². The van der Waals surface area contributed by atoms with E-state index in [9.17, 15) is 8.78 Å². The zero-order chi connectivity index (χ0) is 21.9. The van der Waals surface area contributed by atoms with Crippen molar-refractivity contribution in [1.82, 2.24) is 0 Å². The minimum Gasteiger partial charge on any atom is -0.459 e. The molecule has 0 aromatic heterocycles. The molecule has 0 N–H and O–H groups in total. The van der Waals surface area contributed by atoms with E-state index in [-0.39, 0.29) is 0 Å². The largest absolute Gasteiger partial charge is 0.459 e. The van der Waals surface area contributed by atoms with E-state index in [1.54, 1.807) is 6.07 Å². The molecule has 5 heteroatoms. The lowest BCUT2D eigenvalue weighted by atomic mass is 9.69. The summed E-state index contributed by atoms with van der Waals surface area (Å²) < 4.78 is 35.6. The van der Waals surface area contributed by atoms with Crippen LogP contribution in [0.3, 0.4) is 0 Å². The van der Waals surface area contributed by atoms with Gasteiger partial charge in [-0.2, -0.15) is 0 Å². The predicted molar refractivity (Wildman–Crippen MR) is 128 cm³/mol. The molecule has 2 saturated carbocycles. The van der Waals surface area contributed by atoms with E-state index in [1.807, 2.05) is 12.1 Å². The van der Waals surface area contributed by atoms with E-state index in [0.29, 0.717) is 11.5 Å². The van der Waals surface area contributed by atoms with Crippen LogP contribution in [0.2, 0.25) is 6.04 Å². The first-order valence-corrected chi connectivity index (χ1v) is 14.4. The van der Waals surface area contributed by atoms with Gasteiger partial charge in [0.1, 0.15) is 0 Å². The molecule has 2 nitrogen and oxygen atoms in total. The van der Waals surface area contributed by atoms with Gasteiger partial charge in [0.2, 0.25) is 13.7 Å². The summed E-state index contributed by atoms with van der Waals surface area (Å²) in [5, 5.41) is 1.06. The van der Waals surface area contributed by atoms with Crippen molar-refractivity contribution >= 4 is 14.7 Å². The summed E-state index contributed by atoms with van der Waals surface area (Å²) in [7, 11) is -0.596. The Balaban J connectivity index is 1.41.